The monoisotopic (exact) mass is 362 g/mol. The van der Waals surface area contributed by atoms with E-state index >= 15 is 0 Å². The van der Waals surface area contributed by atoms with Gasteiger partial charge in [0.05, 0.1) is 9.80 Å². The van der Waals surface area contributed by atoms with Crippen LogP contribution in [0.25, 0.3) is 9.88 Å². The highest BCUT2D eigenvalue weighted by Gasteiger charge is 2.11. The normalized spacial score (nSPS) is 10.3. The SMILES string of the molecule is O=C(COc1ccc([N+](=O)[O-])cc1)Nc1nnc(-c2cccs2)s1. The Morgan fingerprint density at radius 3 is 2.71 bits per heavy atom. The maximum Gasteiger partial charge on any atom is 0.269 e. The van der Waals surface area contributed by atoms with Crippen LogP contribution in [0.1, 0.15) is 0 Å². The van der Waals surface area contributed by atoms with E-state index in [1.54, 1.807) is 11.3 Å². The van der Waals surface area contributed by atoms with Crippen LogP contribution in [-0.2, 0) is 4.79 Å². The summed E-state index contributed by atoms with van der Waals surface area (Å²) in [6.45, 7) is -0.230. The molecule has 2 heterocycles. The number of carbonyl (C=O) groups excluding carboxylic acids is 1. The van der Waals surface area contributed by atoms with Crippen molar-refractivity contribution in [1.29, 1.82) is 0 Å². The van der Waals surface area contributed by atoms with Gasteiger partial charge in [0.1, 0.15) is 5.75 Å². The summed E-state index contributed by atoms with van der Waals surface area (Å²) in [7, 11) is 0. The van der Waals surface area contributed by atoms with Crippen molar-refractivity contribution in [2.75, 3.05) is 11.9 Å². The molecule has 3 aromatic rings. The number of carbonyl (C=O) groups is 1. The Bertz CT molecular complexity index is 846. The summed E-state index contributed by atoms with van der Waals surface area (Å²) in [4.78, 5) is 22.9. The summed E-state index contributed by atoms with van der Waals surface area (Å²) >= 11 is 2.81. The van der Waals surface area contributed by atoms with Gasteiger partial charge in [0.25, 0.3) is 11.6 Å². The molecular formula is C14H10N4O4S2. The summed E-state index contributed by atoms with van der Waals surface area (Å²) in [6, 6.07) is 9.33. The van der Waals surface area contributed by atoms with Crippen LogP contribution in [0, 0.1) is 10.1 Å². The second kappa shape index (κ2) is 7.15. The van der Waals surface area contributed by atoms with Crippen molar-refractivity contribution in [3.63, 3.8) is 0 Å². The summed E-state index contributed by atoms with van der Waals surface area (Å²) in [5.74, 6) is -0.0190. The number of nitro groups is 1. The highest BCUT2D eigenvalue weighted by Crippen LogP contribution is 2.29. The number of non-ortho nitro benzene ring substituents is 1. The molecule has 1 aromatic carbocycles. The molecule has 10 heteroatoms. The van der Waals surface area contributed by atoms with E-state index < -0.39 is 4.92 Å². The number of aromatic nitrogens is 2. The van der Waals surface area contributed by atoms with E-state index in [9.17, 15) is 14.9 Å². The molecule has 0 atom stereocenters. The van der Waals surface area contributed by atoms with Crippen molar-refractivity contribution in [2.45, 2.75) is 0 Å². The number of thiophene rings is 1. The Balaban J connectivity index is 1.53. The van der Waals surface area contributed by atoms with Crippen molar-refractivity contribution in [1.82, 2.24) is 10.2 Å². The molecule has 24 heavy (non-hydrogen) atoms. The Kier molecular flexibility index (Phi) is 4.77. The number of hydrogen-bond donors (Lipinski definition) is 1. The first-order chi connectivity index (χ1) is 11.6. The van der Waals surface area contributed by atoms with Gasteiger partial charge >= 0.3 is 0 Å². The molecule has 122 valence electrons. The predicted molar refractivity (Wildman–Crippen MR) is 90.4 cm³/mol. The van der Waals surface area contributed by atoms with Crippen LogP contribution in [0.5, 0.6) is 5.75 Å². The Hall–Kier alpha value is -2.85. The number of ether oxygens (including phenoxy) is 1. The number of anilines is 1. The lowest BCUT2D eigenvalue weighted by Crippen LogP contribution is -2.20. The van der Waals surface area contributed by atoms with Crippen LogP contribution >= 0.6 is 22.7 Å². The molecule has 0 saturated heterocycles. The largest absolute Gasteiger partial charge is 0.484 e. The van der Waals surface area contributed by atoms with Gasteiger partial charge in [-0.2, -0.15) is 0 Å². The molecule has 0 bridgehead atoms. The van der Waals surface area contributed by atoms with Crippen molar-refractivity contribution >= 4 is 39.4 Å². The minimum Gasteiger partial charge on any atom is -0.484 e. The molecule has 0 radical (unpaired) electrons. The van der Waals surface area contributed by atoms with Crippen molar-refractivity contribution < 1.29 is 14.5 Å². The molecule has 0 saturated carbocycles. The second-order valence-electron chi connectivity index (χ2n) is 4.48. The van der Waals surface area contributed by atoms with Crippen molar-refractivity contribution in [2.24, 2.45) is 0 Å². The standard InChI is InChI=1S/C14H10N4O4S2/c19-12(8-22-10-5-3-9(4-6-10)18(20)21)15-14-17-16-13(24-14)11-2-1-7-23-11/h1-7H,8H2,(H,15,17,19). The molecule has 0 aliphatic carbocycles. The number of hydrogen-bond acceptors (Lipinski definition) is 8. The maximum absolute atomic E-state index is 11.9. The molecule has 3 rings (SSSR count). The van der Waals surface area contributed by atoms with Crippen LogP contribution in [-0.4, -0.2) is 27.6 Å². The highest BCUT2D eigenvalue weighted by molar-refractivity contribution is 7.23. The highest BCUT2D eigenvalue weighted by atomic mass is 32.1. The van der Waals surface area contributed by atoms with Gasteiger partial charge in [-0.3, -0.25) is 20.2 Å². The Morgan fingerprint density at radius 2 is 2.04 bits per heavy atom. The average molecular weight is 362 g/mol. The molecule has 0 spiro atoms. The fourth-order valence-electron chi connectivity index (χ4n) is 1.74. The van der Waals surface area contributed by atoms with Crippen LogP contribution < -0.4 is 10.1 Å². The van der Waals surface area contributed by atoms with Gasteiger partial charge in [-0.15, -0.1) is 21.5 Å². The van der Waals surface area contributed by atoms with Crippen molar-refractivity contribution in [3.05, 3.63) is 51.9 Å². The lowest BCUT2D eigenvalue weighted by atomic mass is 10.3. The summed E-state index contributed by atoms with van der Waals surface area (Å²) in [5.41, 5.74) is -0.0400. The molecular weight excluding hydrogens is 352 g/mol. The van der Waals surface area contributed by atoms with Gasteiger partial charge in [-0.05, 0) is 23.6 Å². The predicted octanol–water partition coefficient (Wildman–Crippen LogP) is 3.19. The third-order valence-electron chi connectivity index (χ3n) is 2.82. The first-order valence-electron chi connectivity index (χ1n) is 6.66. The molecule has 1 amide bonds. The number of nitrogens with one attached hydrogen (secondary N) is 1. The van der Waals surface area contributed by atoms with Gasteiger partial charge in [-0.1, -0.05) is 17.4 Å². The lowest BCUT2D eigenvalue weighted by molar-refractivity contribution is -0.384. The smallest absolute Gasteiger partial charge is 0.269 e. The number of rotatable bonds is 6. The minimum atomic E-state index is -0.503. The van der Waals surface area contributed by atoms with E-state index in [1.807, 2.05) is 17.5 Å². The number of amides is 1. The Labute approximate surface area is 143 Å². The molecule has 8 nitrogen and oxygen atoms in total. The van der Waals surface area contributed by atoms with Gasteiger partial charge in [0.2, 0.25) is 5.13 Å². The number of nitrogens with zero attached hydrogens (tertiary/aromatic N) is 3. The fraction of sp³-hybridized carbons (Fsp3) is 0.0714. The molecule has 2 aromatic heterocycles. The number of nitro benzene ring substituents is 1. The molecule has 0 fully saturated rings. The molecule has 0 unspecified atom stereocenters. The summed E-state index contributed by atoms with van der Waals surface area (Å²) in [6.07, 6.45) is 0. The van der Waals surface area contributed by atoms with E-state index in [0.717, 1.165) is 9.88 Å². The van der Waals surface area contributed by atoms with Crippen molar-refractivity contribution in [3.8, 4) is 15.6 Å². The summed E-state index contributed by atoms with van der Waals surface area (Å²) < 4.78 is 5.28. The molecule has 1 N–H and O–H groups in total. The fourth-order valence-corrected chi connectivity index (χ4v) is 3.29. The van der Waals surface area contributed by atoms with E-state index in [0.29, 0.717) is 10.9 Å². The topological polar surface area (TPSA) is 107 Å². The van der Waals surface area contributed by atoms with Crippen LogP contribution in [0.4, 0.5) is 10.8 Å². The zero-order chi connectivity index (χ0) is 16.9. The van der Waals surface area contributed by atoms with Crippen LogP contribution in [0.15, 0.2) is 41.8 Å². The number of benzene rings is 1. The van der Waals surface area contributed by atoms with E-state index in [2.05, 4.69) is 15.5 Å². The third-order valence-corrected chi connectivity index (χ3v) is 4.70. The first kappa shape index (κ1) is 16.0. The van der Waals surface area contributed by atoms with E-state index in [4.69, 9.17) is 4.74 Å². The second-order valence-corrected chi connectivity index (χ2v) is 6.40. The first-order valence-corrected chi connectivity index (χ1v) is 8.36. The quantitative estimate of drug-likeness (QED) is 0.533. The lowest BCUT2D eigenvalue weighted by Gasteiger charge is -2.05. The van der Waals surface area contributed by atoms with E-state index in [-0.39, 0.29) is 18.2 Å². The average Bonchev–Trinajstić information content (AvgIpc) is 3.24. The summed E-state index contributed by atoms with van der Waals surface area (Å²) in [5, 5.41) is 24.1. The maximum atomic E-state index is 11.9. The van der Waals surface area contributed by atoms with Gasteiger partial charge < -0.3 is 4.74 Å². The van der Waals surface area contributed by atoms with Crippen LogP contribution in [0.3, 0.4) is 0 Å². The minimum absolute atomic E-state index is 0.0400. The van der Waals surface area contributed by atoms with Gasteiger partial charge in [0.15, 0.2) is 11.6 Å². The third kappa shape index (κ3) is 3.91. The van der Waals surface area contributed by atoms with Crippen LogP contribution in [0.2, 0.25) is 0 Å². The zero-order valence-electron chi connectivity index (χ0n) is 12.0. The van der Waals surface area contributed by atoms with Gasteiger partial charge in [-0.25, -0.2) is 0 Å². The van der Waals surface area contributed by atoms with Gasteiger partial charge in [0, 0.05) is 12.1 Å². The van der Waals surface area contributed by atoms with E-state index in [1.165, 1.54) is 35.6 Å². The molecule has 0 aliphatic rings. The Morgan fingerprint density at radius 1 is 1.25 bits per heavy atom. The molecule has 0 aliphatic heterocycles. The zero-order valence-corrected chi connectivity index (χ0v) is 13.7.